The van der Waals surface area contributed by atoms with E-state index in [0.29, 0.717) is 19.4 Å². The van der Waals surface area contributed by atoms with Crippen LogP contribution >= 0.6 is 0 Å². The Hall–Kier alpha value is -2.40. The number of rotatable bonds is 47. The van der Waals surface area contributed by atoms with Crippen molar-refractivity contribution in [2.75, 3.05) is 19.8 Å². The van der Waals surface area contributed by atoms with Gasteiger partial charge in [0.05, 0.1) is 6.61 Å². The second-order valence-corrected chi connectivity index (χ2v) is 17.0. The molecule has 0 spiro atoms. The van der Waals surface area contributed by atoms with Crippen LogP contribution in [0.3, 0.4) is 0 Å². The van der Waals surface area contributed by atoms with Gasteiger partial charge in [-0.3, -0.25) is 9.59 Å². The minimum absolute atomic E-state index is 0.0689. The molecular formula is C55H98O5. The molecule has 0 saturated carbocycles. The lowest BCUT2D eigenvalue weighted by Crippen LogP contribution is -2.30. The van der Waals surface area contributed by atoms with Crippen molar-refractivity contribution in [3.8, 4) is 0 Å². The minimum atomic E-state index is -0.556. The average molecular weight is 839 g/mol. The molecule has 0 amide bonds. The highest BCUT2D eigenvalue weighted by molar-refractivity contribution is 5.70. The Morgan fingerprint density at radius 2 is 0.750 bits per heavy atom. The Kier molecular flexibility index (Phi) is 48.9. The number of hydrogen-bond donors (Lipinski definition) is 0. The normalized spacial score (nSPS) is 12.7. The van der Waals surface area contributed by atoms with Crippen LogP contribution in [0.2, 0.25) is 0 Å². The molecule has 1 unspecified atom stereocenters. The first kappa shape index (κ1) is 57.6. The Balaban J connectivity index is 4.24. The van der Waals surface area contributed by atoms with E-state index in [2.05, 4.69) is 81.5 Å². The van der Waals surface area contributed by atoms with Gasteiger partial charge >= 0.3 is 11.9 Å². The summed E-state index contributed by atoms with van der Waals surface area (Å²) >= 11 is 0. The summed E-state index contributed by atoms with van der Waals surface area (Å²) in [5.74, 6) is -0.441. The fraction of sp³-hybridized carbons (Fsp3) is 0.782. The second-order valence-electron chi connectivity index (χ2n) is 17.0. The van der Waals surface area contributed by atoms with E-state index in [0.717, 1.165) is 70.6 Å². The Morgan fingerprint density at radius 3 is 1.25 bits per heavy atom. The fourth-order valence-electron chi connectivity index (χ4n) is 7.20. The molecule has 0 aromatic rings. The van der Waals surface area contributed by atoms with Gasteiger partial charge in [0.25, 0.3) is 0 Å². The standard InChI is InChI=1S/C55H98O5/c1-4-7-10-13-16-19-22-24-26-27-28-29-31-32-34-36-39-42-45-48-54(56)59-52-53(51-58-50-47-44-41-38-21-18-15-12-9-6-3)60-55(57)49-46-43-40-37-35-33-30-25-23-20-17-14-11-8-5-2/h8,11,17,20,24-26,30,35,37,53H,4-7,9-10,12-16,18-19,21-23,27-29,31-34,36,38-52H2,1-3H3/b11-8-,20-17-,26-24-,30-25-,37-35-. The van der Waals surface area contributed by atoms with Crippen LogP contribution in [0.1, 0.15) is 252 Å². The molecule has 1 atom stereocenters. The monoisotopic (exact) mass is 839 g/mol. The smallest absolute Gasteiger partial charge is 0.306 e. The maximum atomic E-state index is 12.8. The van der Waals surface area contributed by atoms with Gasteiger partial charge in [-0.15, -0.1) is 0 Å². The fourth-order valence-corrected chi connectivity index (χ4v) is 7.20. The number of hydrogen-bond acceptors (Lipinski definition) is 5. The molecule has 0 heterocycles. The van der Waals surface area contributed by atoms with Gasteiger partial charge < -0.3 is 14.2 Å². The van der Waals surface area contributed by atoms with E-state index >= 15 is 0 Å². The van der Waals surface area contributed by atoms with Crippen molar-refractivity contribution in [3.63, 3.8) is 0 Å². The summed E-state index contributed by atoms with van der Waals surface area (Å²) in [6.07, 6.45) is 63.7. The molecule has 0 aromatic heterocycles. The Bertz CT molecular complexity index is 1040. The number of esters is 2. The van der Waals surface area contributed by atoms with E-state index in [9.17, 15) is 9.59 Å². The number of allylic oxidation sites excluding steroid dienone is 10. The van der Waals surface area contributed by atoms with Gasteiger partial charge in [-0.05, 0) is 83.5 Å². The SMILES string of the molecule is CC/C=C\C/C=C\C/C=C\C/C=C\CCCCC(=O)OC(COCCCCCCCCCCCC)COC(=O)CCCCCCCCCCC/C=C\CCCCCCCC. The topological polar surface area (TPSA) is 61.8 Å². The lowest BCUT2D eigenvalue weighted by molar-refractivity contribution is -0.163. The number of carbonyl (C=O) groups is 2. The molecular weight excluding hydrogens is 741 g/mol. The first-order chi connectivity index (χ1) is 29.6. The molecule has 0 aromatic carbocycles. The van der Waals surface area contributed by atoms with Crippen molar-refractivity contribution >= 4 is 11.9 Å². The predicted octanol–water partition coefficient (Wildman–Crippen LogP) is 17.3. The second kappa shape index (κ2) is 51.0. The van der Waals surface area contributed by atoms with Crippen LogP contribution < -0.4 is 0 Å². The highest BCUT2D eigenvalue weighted by Crippen LogP contribution is 2.14. The van der Waals surface area contributed by atoms with Crippen LogP contribution in [-0.2, 0) is 23.8 Å². The zero-order valence-corrected chi connectivity index (χ0v) is 40.0. The van der Waals surface area contributed by atoms with Crippen molar-refractivity contribution in [2.24, 2.45) is 0 Å². The lowest BCUT2D eigenvalue weighted by Gasteiger charge is -2.18. The molecule has 0 fully saturated rings. The molecule has 5 nitrogen and oxygen atoms in total. The van der Waals surface area contributed by atoms with Gasteiger partial charge in [-0.2, -0.15) is 0 Å². The van der Waals surface area contributed by atoms with Crippen molar-refractivity contribution in [1.82, 2.24) is 0 Å². The first-order valence-corrected chi connectivity index (χ1v) is 25.8. The quantitative estimate of drug-likeness (QED) is 0.0347. The molecule has 60 heavy (non-hydrogen) atoms. The van der Waals surface area contributed by atoms with Gasteiger partial charge in [-0.25, -0.2) is 0 Å². The molecule has 0 aliphatic carbocycles. The molecule has 0 aliphatic heterocycles. The summed E-state index contributed by atoms with van der Waals surface area (Å²) in [6, 6.07) is 0. The Labute approximate surface area is 373 Å². The molecule has 5 heteroatoms. The van der Waals surface area contributed by atoms with E-state index in [4.69, 9.17) is 14.2 Å². The zero-order chi connectivity index (χ0) is 43.5. The average Bonchev–Trinajstić information content (AvgIpc) is 3.25. The van der Waals surface area contributed by atoms with Gasteiger partial charge in [0.15, 0.2) is 6.10 Å². The number of unbranched alkanes of at least 4 members (excludes halogenated alkanes) is 26. The van der Waals surface area contributed by atoms with Crippen LogP contribution in [0, 0.1) is 0 Å². The molecule has 348 valence electrons. The molecule has 0 radical (unpaired) electrons. The third kappa shape index (κ3) is 48.3. The van der Waals surface area contributed by atoms with Gasteiger partial charge in [0.2, 0.25) is 0 Å². The number of ether oxygens (including phenoxy) is 3. The van der Waals surface area contributed by atoms with Crippen LogP contribution in [0.4, 0.5) is 0 Å². The maximum absolute atomic E-state index is 12.8. The van der Waals surface area contributed by atoms with E-state index in [1.54, 1.807) is 0 Å². The largest absolute Gasteiger partial charge is 0.462 e. The zero-order valence-electron chi connectivity index (χ0n) is 40.0. The van der Waals surface area contributed by atoms with Crippen molar-refractivity contribution in [2.45, 2.75) is 258 Å². The predicted molar refractivity (Wildman–Crippen MR) is 261 cm³/mol. The van der Waals surface area contributed by atoms with Gasteiger partial charge in [-0.1, -0.05) is 216 Å². The summed E-state index contributed by atoms with van der Waals surface area (Å²) in [5, 5.41) is 0. The van der Waals surface area contributed by atoms with E-state index in [-0.39, 0.29) is 25.2 Å². The van der Waals surface area contributed by atoms with Gasteiger partial charge in [0.1, 0.15) is 6.61 Å². The molecule has 0 saturated heterocycles. The van der Waals surface area contributed by atoms with Crippen LogP contribution in [-0.4, -0.2) is 37.9 Å². The highest BCUT2D eigenvalue weighted by atomic mass is 16.6. The van der Waals surface area contributed by atoms with E-state index < -0.39 is 6.10 Å². The first-order valence-electron chi connectivity index (χ1n) is 25.8. The summed E-state index contributed by atoms with van der Waals surface area (Å²) in [5.41, 5.74) is 0. The molecule has 0 bridgehead atoms. The molecule has 0 rings (SSSR count). The molecule has 0 aliphatic rings. The number of carbonyl (C=O) groups excluding carboxylic acids is 2. The van der Waals surface area contributed by atoms with Crippen LogP contribution in [0.25, 0.3) is 0 Å². The third-order valence-corrected chi connectivity index (χ3v) is 11.0. The lowest BCUT2D eigenvalue weighted by atomic mass is 10.1. The van der Waals surface area contributed by atoms with Crippen LogP contribution in [0.15, 0.2) is 60.8 Å². The molecule has 0 N–H and O–H groups in total. The minimum Gasteiger partial charge on any atom is -0.462 e. The van der Waals surface area contributed by atoms with Crippen molar-refractivity contribution in [1.29, 1.82) is 0 Å². The van der Waals surface area contributed by atoms with E-state index in [1.165, 1.54) is 148 Å². The van der Waals surface area contributed by atoms with Crippen molar-refractivity contribution < 1.29 is 23.8 Å². The summed E-state index contributed by atoms with van der Waals surface area (Å²) < 4.78 is 17.3. The van der Waals surface area contributed by atoms with Crippen LogP contribution in [0.5, 0.6) is 0 Å². The summed E-state index contributed by atoms with van der Waals surface area (Å²) in [6.45, 7) is 7.68. The van der Waals surface area contributed by atoms with Gasteiger partial charge in [0, 0.05) is 19.4 Å². The maximum Gasteiger partial charge on any atom is 0.306 e. The van der Waals surface area contributed by atoms with E-state index in [1.807, 2.05) is 0 Å². The highest BCUT2D eigenvalue weighted by Gasteiger charge is 2.17. The Morgan fingerprint density at radius 1 is 0.383 bits per heavy atom. The summed E-state index contributed by atoms with van der Waals surface area (Å²) in [7, 11) is 0. The third-order valence-electron chi connectivity index (χ3n) is 11.0. The summed E-state index contributed by atoms with van der Waals surface area (Å²) in [4.78, 5) is 25.3. The van der Waals surface area contributed by atoms with Crippen molar-refractivity contribution in [3.05, 3.63) is 60.8 Å².